The predicted octanol–water partition coefficient (Wildman–Crippen LogP) is 4.37. The highest BCUT2D eigenvalue weighted by Gasteiger charge is 2.19. The smallest absolute Gasteiger partial charge is 0.265 e. The first kappa shape index (κ1) is 21.1. The van der Waals surface area contributed by atoms with Crippen LogP contribution in [-0.4, -0.2) is 24.5 Å². The van der Waals surface area contributed by atoms with E-state index in [1.165, 1.54) is 0 Å². The van der Waals surface area contributed by atoms with Crippen LogP contribution in [0.5, 0.6) is 5.75 Å². The second-order valence-corrected chi connectivity index (χ2v) is 7.05. The van der Waals surface area contributed by atoms with Crippen LogP contribution in [0, 0.1) is 6.92 Å². The number of nitrogens with one attached hydrogen (secondary N) is 2. The molecule has 2 N–H and O–H groups in total. The van der Waals surface area contributed by atoms with E-state index in [2.05, 4.69) is 10.6 Å². The lowest BCUT2D eigenvalue weighted by atomic mass is 10.1. The fourth-order valence-corrected chi connectivity index (χ4v) is 3.02. The number of carbonyl (C=O) groups is 2. The fraction of sp³-hybridized carbons (Fsp3) is 0.200. The highest BCUT2D eigenvalue weighted by atomic mass is 16.5. The van der Waals surface area contributed by atoms with Crippen molar-refractivity contribution in [1.29, 1.82) is 0 Å². The third-order valence-electron chi connectivity index (χ3n) is 4.74. The van der Waals surface area contributed by atoms with Gasteiger partial charge < -0.3 is 15.4 Å². The van der Waals surface area contributed by atoms with E-state index in [9.17, 15) is 9.59 Å². The van der Waals surface area contributed by atoms with Crippen LogP contribution in [-0.2, 0) is 11.2 Å². The second-order valence-electron chi connectivity index (χ2n) is 7.05. The molecule has 0 saturated heterocycles. The van der Waals surface area contributed by atoms with Gasteiger partial charge in [0, 0.05) is 6.54 Å². The second kappa shape index (κ2) is 10.3. The molecule has 0 unspecified atom stereocenters. The van der Waals surface area contributed by atoms with E-state index >= 15 is 0 Å². The normalized spacial score (nSPS) is 11.4. The average Bonchev–Trinajstić information content (AvgIpc) is 2.76. The van der Waals surface area contributed by atoms with Crippen molar-refractivity contribution in [2.45, 2.75) is 26.4 Å². The Morgan fingerprint density at radius 3 is 2.33 bits per heavy atom. The van der Waals surface area contributed by atoms with Gasteiger partial charge in [-0.15, -0.1) is 0 Å². The van der Waals surface area contributed by atoms with Crippen molar-refractivity contribution >= 4 is 17.5 Å². The molecule has 3 rings (SSSR count). The Hall–Kier alpha value is -3.60. The molecule has 0 aromatic heterocycles. The van der Waals surface area contributed by atoms with Gasteiger partial charge in [-0.05, 0) is 49.6 Å². The number of ether oxygens (including phenoxy) is 1. The molecule has 30 heavy (non-hydrogen) atoms. The van der Waals surface area contributed by atoms with Crippen LogP contribution in [0.3, 0.4) is 0 Å². The van der Waals surface area contributed by atoms with Crippen LogP contribution < -0.4 is 15.4 Å². The summed E-state index contributed by atoms with van der Waals surface area (Å²) in [5.41, 5.74) is 2.99. The molecule has 3 aromatic rings. The lowest BCUT2D eigenvalue weighted by Crippen LogP contribution is -2.32. The molecule has 0 heterocycles. The zero-order valence-corrected chi connectivity index (χ0v) is 17.2. The Labute approximate surface area is 177 Å². The van der Waals surface area contributed by atoms with Crippen molar-refractivity contribution in [3.8, 4) is 5.75 Å². The maximum absolute atomic E-state index is 12.6. The summed E-state index contributed by atoms with van der Waals surface area (Å²) in [6.07, 6.45) is 0.0304. The molecule has 0 aliphatic heterocycles. The summed E-state index contributed by atoms with van der Waals surface area (Å²) >= 11 is 0. The molecular formula is C25H26N2O3. The third kappa shape index (κ3) is 5.70. The quantitative estimate of drug-likeness (QED) is 0.588. The molecule has 0 spiro atoms. The van der Waals surface area contributed by atoms with Crippen molar-refractivity contribution in [2.24, 2.45) is 0 Å². The highest BCUT2D eigenvalue weighted by molar-refractivity contribution is 6.04. The van der Waals surface area contributed by atoms with Gasteiger partial charge >= 0.3 is 0 Å². The highest BCUT2D eigenvalue weighted by Crippen LogP contribution is 2.19. The lowest BCUT2D eigenvalue weighted by Gasteiger charge is -2.17. The molecule has 3 aromatic carbocycles. The first-order valence-electron chi connectivity index (χ1n) is 9.99. The SMILES string of the molecule is Cc1ccccc1O[C@@H](C)C(=O)Nc1ccccc1C(=O)NCCc1ccccc1. The van der Waals surface area contributed by atoms with Crippen LogP contribution in [0.1, 0.15) is 28.4 Å². The molecule has 0 aliphatic carbocycles. The van der Waals surface area contributed by atoms with Crippen molar-refractivity contribution in [1.82, 2.24) is 5.32 Å². The number of aryl methyl sites for hydroxylation is 1. The number of amides is 2. The Bertz CT molecular complexity index is 1000. The van der Waals surface area contributed by atoms with E-state index in [4.69, 9.17) is 4.74 Å². The minimum atomic E-state index is -0.708. The minimum Gasteiger partial charge on any atom is -0.481 e. The Morgan fingerprint density at radius 2 is 1.57 bits per heavy atom. The fourth-order valence-electron chi connectivity index (χ4n) is 3.02. The maximum atomic E-state index is 12.6. The van der Waals surface area contributed by atoms with E-state index in [0.29, 0.717) is 23.5 Å². The minimum absolute atomic E-state index is 0.227. The Kier molecular flexibility index (Phi) is 7.22. The van der Waals surface area contributed by atoms with Crippen molar-refractivity contribution < 1.29 is 14.3 Å². The van der Waals surface area contributed by atoms with Gasteiger partial charge in [-0.25, -0.2) is 0 Å². The Balaban J connectivity index is 1.60. The first-order valence-corrected chi connectivity index (χ1v) is 9.99. The molecule has 5 nitrogen and oxygen atoms in total. The number of hydrogen-bond acceptors (Lipinski definition) is 3. The van der Waals surface area contributed by atoms with E-state index in [1.54, 1.807) is 31.2 Å². The van der Waals surface area contributed by atoms with Gasteiger partial charge in [0.05, 0.1) is 11.3 Å². The standard InChI is InChI=1S/C25H26N2O3/c1-18-10-6-9-15-23(18)30-19(2)24(28)27-22-14-8-7-13-21(22)25(29)26-17-16-20-11-4-3-5-12-20/h3-15,19H,16-17H2,1-2H3,(H,26,29)(H,27,28)/t19-/m0/s1. The number of para-hydroxylation sites is 2. The number of hydrogen-bond donors (Lipinski definition) is 2. The third-order valence-corrected chi connectivity index (χ3v) is 4.74. The summed E-state index contributed by atoms with van der Waals surface area (Å²) in [7, 11) is 0. The summed E-state index contributed by atoms with van der Waals surface area (Å²) in [5.74, 6) is 0.115. The van der Waals surface area contributed by atoms with E-state index in [0.717, 1.165) is 17.5 Å². The molecule has 5 heteroatoms. The zero-order chi connectivity index (χ0) is 21.3. The topological polar surface area (TPSA) is 67.4 Å². The summed E-state index contributed by atoms with van der Waals surface area (Å²) in [5, 5.41) is 5.73. The molecule has 0 bridgehead atoms. The monoisotopic (exact) mass is 402 g/mol. The Morgan fingerprint density at radius 1 is 0.900 bits per heavy atom. The van der Waals surface area contributed by atoms with Gasteiger partial charge in [0.2, 0.25) is 0 Å². The van der Waals surface area contributed by atoms with Gasteiger partial charge in [0.25, 0.3) is 11.8 Å². The van der Waals surface area contributed by atoms with Crippen molar-refractivity contribution in [2.75, 3.05) is 11.9 Å². The van der Waals surface area contributed by atoms with E-state index in [1.807, 2.05) is 61.5 Å². The van der Waals surface area contributed by atoms with Gasteiger partial charge in [-0.1, -0.05) is 60.7 Å². The van der Waals surface area contributed by atoms with Crippen LogP contribution in [0.15, 0.2) is 78.9 Å². The molecule has 2 amide bonds. The summed E-state index contributed by atoms with van der Waals surface area (Å²) in [4.78, 5) is 25.3. The predicted molar refractivity (Wildman–Crippen MR) is 119 cm³/mol. The maximum Gasteiger partial charge on any atom is 0.265 e. The number of benzene rings is 3. The first-order chi connectivity index (χ1) is 14.5. The van der Waals surface area contributed by atoms with Crippen LogP contribution in [0.25, 0.3) is 0 Å². The van der Waals surface area contributed by atoms with Gasteiger partial charge in [0.15, 0.2) is 6.10 Å². The molecule has 0 aliphatic rings. The average molecular weight is 402 g/mol. The molecule has 0 fully saturated rings. The molecule has 0 saturated carbocycles. The number of anilines is 1. The van der Waals surface area contributed by atoms with Gasteiger partial charge in [0.1, 0.15) is 5.75 Å². The molecule has 154 valence electrons. The van der Waals surface area contributed by atoms with Crippen LogP contribution >= 0.6 is 0 Å². The number of carbonyl (C=O) groups excluding carboxylic acids is 2. The summed E-state index contributed by atoms with van der Waals surface area (Å²) < 4.78 is 5.78. The molecular weight excluding hydrogens is 376 g/mol. The molecule has 0 radical (unpaired) electrons. The lowest BCUT2D eigenvalue weighted by molar-refractivity contribution is -0.122. The van der Waals surface area contributed by atoms with Crippen molar-refractivity contribution in [3.05, 3.63) is 95.6 Å². The van der Waals surface area contributed by atoms with Gasteiger partial charge in [-0.2, -0.15) is 0 Å². The molecule has 1 atom stereocenters. The zero-order valence-electron chi connectivity index (χ0n) is 17.2. The van der Waals surface area contributed by atoms with Crippen LogP contribution in [0.4, 0.5) is 5.69 Å². The number of rotatable bonds is 8. The summed E-state index contributed by atoms with van der Waals surface area (Å²) in [6, 6.07) is 24.5. The van der Waals surface area contributed by atoms with Gasteiger partial charge in [-0.3, -0.25) is 9.59 Å². The van der Waals surface area contributed by atoms with Crippen molar-refractivity contribution in [3.63, 3.8) is 0 Å². The summed E-state index contributed by atoms with van der Waals surface area (Å²) in [6.45, 7) is 4.12. The largest absolute Gasteiger partial charge is 0.481 e. The van der Waals surface area contributed by atoms with E-state index in [-0.39, 0.29) is 11.8 Å². The van der Waals surface area contributed by atoms with E-state index < -0.39 is 6.10 Å². The van der Waals surface area contributed by atoms with Crippen LogP contribution in [0.2, 0.25) is 0 Å².